The molecule has 2 aromatic carbocycles. The molecule has 1 amide bonds. The van der Waals surface area contributed by atoms with Crippen LogP contribution in [0.5, 0.6) is 0 Å². The number of carbonyl (C=O) groups is 1. The number of quaternary nitrogens is 1. The van der Waals surface area contributed by atoms with Crippen LogP contribution in [0.4, 0.5) is 5.82 Å². The van der Waals surface area contributed by atoms with Crippen LogP contribution in [-0.2, 0) is 4.79 Å². The zero-order chi connectivity index (χ0) is 23.2. The summed E-state index contributed by atoms with van der Waals surface area (Å²) in [6.45, 7) is 1.20. The van der Waals surface area contributed by atoms with E-state index >= 15 is 0 Å². The van der Waals surface area contributed by atoms with Gasteiger partial charge in [0.1, 0.15) is 11.3 Å². The largest absolute Gasteiger partial charge is 0.336 e. The lowest BCUT2D eigenvalue weighted by atomic mass is 9.99. The fourth-order valence-corrected chi connectivity index (χ4v) is 4.30. The summed E-state index contributed by atoms with van der Waals surface area (Å²) in [5.74, 6) is 0.205. The van der Waals surface area contributed by atoms with Crippen LogP contribution >= 0.6 is 11.6 Å². The van der Waals surface area contributed by atoms with Crippen LogP contribution in [0.1, 0.15) is 24.0 Å². The highest BCUT2D eigenvalue weighted by Gasteiger charge is 2.27. The second kappa shape index (κ2) is 10.3. The molecular weight excluding hydrogens is 436 g/mol. The number of benzene rings is 2. The monoisotopic (exact) mass is 459 g/mol. The zero-order valence-corrected chi connectivity index (χ0v) is 18.8. The van der Waals surface area contributed by atoms with E-state index in [4.69, 9.17) is 17.0 Å². The number of aromatic nitrogens is 2. The third-order valence-corrected chi connectivity index (χ3v) is 6.10. The molecule has 0 saturated carbocycles. The minimum absolute atomic E-state index is 0.0720. The van der Waals surface area contributed by atoms with Crippen molar-refractivity contribution in [3.05, 3.63) is 76.8 Å². The van der Waals surface area contributed by atoms with Crippen molar-refractivity contribution in [3.8, 4) is 17.3 Å². The summed E-state index contributed by atoms with van der Waals surface area (Å²) < 4.78 is 0. The zero-order valence-electron chi connectivity index (χ0n) is 18.0. The van der Waals surface area contributed by atoms with Crippen molar-refractivity contribution in [1.82, 2.24) is 15.1 Å². The van der Waals surface area contributed by atoms with Gasteiger partial charge in [-0.1, -0.05) is 77.4 Å². The van der Waals surface area contributed by atoms with Crippen molar-refractivity contribution < 1.29 is 10.1 Å². The van der Waals surface area contributed by atoms with E-state index in [2.05, 4.69) is 16.3 Å². The highest BCUT2D eigenvalue weighted by molar-refractivity contribution is 6.38. The number of nitrogens with one attached hydrogen (secondary N) is 1. The van der Waals surface area contributed by atoms with E-state index in [1.54, 1.807) is 10.2 Å². The molecule has 0 radical (unpaired) electrons. The summed E-state index contributed by atoms with van der Waals surface area (Å²) in [7, 11) is 0. The van der Waals surface area contributed by atoms with Gasteiger partial charge in [-0.2, -0.15) is 5.26 Å². The average Bonchev–Trinajstić information content (AvgIpc) is 2.88. The number of hydrogen-bond donors (Lipinski definition) is 2. The number of halogens is 1. The Morgan fingerprint density at radius 1 is 1.15 bits per heavy atom. The lowest BCUT2D eigenvalue weighted by molar-refractivity contribution is -0.564. The topological polar surface area (TPSA) is 110 Å². The van der Waals surface area contributed by atoms with Crippen LogP contribution in [-0.4, -0.2) is 46.4 Å². The van der Waals surface area contributed by atoms with Crippen LogP contribution in [0.25, 0.3) is 11.3 Å². The molecule has 3 aromatic rings. The summed E-state index contributed by atoms with van der Waals surface area (Å²) in [4.78, 5) is 14.5. The Morgan fingerprint density at radius 2 is 1.85 bits per heavy atom. The summed E-state index contributed by atoms with van der Waals surface area (Å²) in [5, 5.41) is 28.7. The van der Waals surface area contributed by atoms with Crippen molar-refractivity contribution in [2.45, 2.75) is 12.8 Å². The Balaban J connectivity index is 1.64. The summed E-state index contributed by atoms with van der Waals surface area (Å²) in [6.07, 6.45) is 1.65. The van der Waals surface area contributed by atoms with Crippen molar-refractivity contribution in [1.29, 1.82) is 10.7 Å². The van der Waals surface area contributed by atoms with Crippen LogP contribution in [0, 0.1) is 22.7 Å². The lowest BCUT2D eigenvalue weighted by Gasteiger charge is -2.28. The molecule has 1 aromatic heterocycles. The molecule has 1 saturated heterocycles. The fourth-order valence-electron chi connectivity index (χ4n) is 3.96. The summed E-state index contributed by atoms with van der Waals surface area (Å²) in [5.41, 5.74) is 2.65. The number of nitrogens with zero attached hydrogens (tertiary/aromatic N) is 4. The molecule has 1 aliphatic heterocycles. The van der Waals surface area contributed by atoms with E-state index in [0.717, 1.165) is 18.4 Å². The normalized spacial score (nSPS) is 15.6. The smallest absolute Gasteiger partial charge is 0.278 e. The molecule has 1 fully saturated rings. The van der Waals surface area contributed by atoms with Gasteiger partial charge in [0.15, 0.2) is 6.54 Å². The van der Waals surface area contributed by atoms with Gasteiger partial charge < -0.3 is 4.90 Å². The quantitative estimate of drug-likeness (QED) is 0.551. The number of likely N-dealkylation sites (tertiary alicyclic amines) is 1. The molecule has 166 valence electrons. The molecule has 1 aliphatic rings. The first kappa shape index (κ1) is 22.6. The number of hydrogen-bond acceptors (Lipinski definition) is 5. The first-order chi connectivity index (χ1) is 16.1. The van der Waals surface area contributed by atoms with E-state index in [-0.39, 0.29) is 24.1 Å². The van der Waals surface area contributed by atoms with Crippen LogP contribution in [0.2, 0.25) is 5.02 Å². The van der Waals surface area contributed by atoms with Crippen LogP contribution in [0.3, 0.4) is 0 Å². The lowest BCUT2D eigenvalue weighted by Crippen LogP contribution is -2.82. The van der Waals surface area contributed by atoms with Gasteiger partial charge in [-0.05, 0) is 12.8 Å². The maximum atomic E-state index is 12.8. The molecule has 2 heterocycles. The number of rotatable bonds is 6. The summed E-state index contributed by atoms with van der Waals surface area (Å²) >= 11 is 6.80. The molecule has 8 heteroatoms. The predicted octanol–water partition coefficient (Wildman–Crippen LogP) is 3.17. The third-order valence-electron chi connectivity index (χ3n) is 5.73. The maximum Gasteiger partial charge on any atom is 0.278 e. The van der Waals surface area contributed by atoms with E-state index in [1.807, 2.05) is 60.7 Å². The van der Waals surface area contributed by atoms with Gasteiger partial charge in [0.2, 0.25) is 0 Å². The first-order valence-corrected chi connectivity index (χ1v) is 11.2. The van der Waals surface area contributed by atoms with Gasteiger partial charge in [-0.25, -0.2) is 0 Å². The van der Waals surface area contributed by atoms with E-state index < -0.39 is 0 Å². The number of carbonyl (C=O) groups excluding carboxylic acids is 1. The Hall–Kier alpha value is -3.60. The molecule has 0 aliphatic carbocycles. The van der Waals surface area contributed by atoms with Crippen LogP contribution in [0.15, 0.2) is 60.7 Å². The van der Waals surface area contributed by atoms with E-state index in [0.29, 0.717) is 40.8 Å². The first-order valence-electron chi connectivity index (χ1n) is 10.8. The molecule has 0 spiro atoms. The molecule has 1 atom stereocenters. The SMILES string of the molecule is N#CC1CCCN(C(=O)C[NH2+]c2nnc(-c3ccccc3)c(Cl)c2C(=N)c2ccccc2)C1. The number of nitrogens with two attached hydrogens (primary N) is 1. The Morgan fingerprint density at radius 3 is 2.55 bits per heavy atom. The standard InChI is InChI=1S/C25H23ClN6O/c26-22-21(23(28)18-9-3-1-4-10-18)25(31-30-24(22)19-11-5-2-6-12-19)29-15-20(33)32-13-7-8-17(14-27)16-32/h1-6,9-12,17,28H,7-8,13,15-16H2,(H,29,31)/p+1. The number of nitriles is 1. The van der Waals surface area contributed by atoms with Crippen molar-refractivity contribution in [2.24, 2.45) is 5.92 Å². The molecule has 33 heavy (non-hydrogen) atoms. The second-order valence-corrected chi connectivity index (χ2v) is 8.32. The van der Waals surface area contributed by atoms with E-state index in [9.17, 15) is 10.1 Å². The van der Waals surface area contributed by atoms with Gasteiger partial charge in [-0.15, -0.1) is 5.10 Å². The molecule has 3 N–H and O–H groups in total. The Kier molecular flexibility index (Phi) is 7.08. The fraction of sp³-hybridized carbons (Fsp3) is 0.240. The molecular formula is C25H24ClN6O+. The molecule has 1 unspecified atom stereocenters. The maximum absolute atomic E-state index is 12.8. The average molecular weight is 460 g/mol. The van der Waals surface area contributed by atoms with Gasteiger partial charge in [0.25, 0.3) is 11.7 Å². The van der Waals surface area contributed by atoms with Gasteiger partial charge in [-0.3, -0.25) is 15.5 Å². The highest BCUT2D eigenvalue weighted by Crippen LogP contribution is 2.31. The Bertz CT molecular complexity index is 1190. The summed E-state index contributed by atoms with van der Waals surface area (Å²) in [6, 6.07) is 21.0. The number of amides is 1. The minimum atomic E-state index is -0.121. The van der Waals surface area contributed by atoms with Crippen molar-refractivity contribution in [2.75, 3.05) is 19.6 Å². The Labute approximate surface area is 197 Å². The van der Waals surface area contributed by atoms with Crippen molar-refractivity contribution in [3.63, 3.8) is 0 Å². The van der Waals surface area contributed by atoms with E-state index in [1.165, 1.54) is 0 Å². The van der Waals surface area contributed by atoms with Gasteiger partial charge >= 0.3 is 0 Å². The van der Waals surface area contributed by atoms with Crippen molar-refractivity contribution >= 4 is 29.0 Å². The highest BCUT2D eigenvalue weighted by atomic mass is 35.5. The molecule has 7 nitrogen and oxygen atoms in total. The third kappa shape index (κ3) is 5.08. The van der Waals surface area contributed by atoms with Crippen LogP contribution < -0.4 is 5.32 Å². The molecule has 0 bridgehead atoms. The second-order valence-electron chi connectivity index (χ2n) is 7.95. The number of piperidine rings is 1. The predicted molar refractivity (Wildman–Crippen MR) is 126 cm³/mol. The minimum Gasteiger partial charge on any atom is -0.336 e. The van der Waals surface area contributed by atoms with Gasteiger partial charge in [0, 0.05) is 24.2 Å². The molecule has 4 rings (SSSR count). The van der Waals surface area contributed by atoms with Gasteiger partial charge in [0.05, 0.1) is 22.7 Å².